The van der Waals surface area contributed by atoms with Crippen molar-refractivity contribution in [3.63, 3.8) is 0 Å². The van der Waals surface area contributed by atoms with Gasteiger partial charge in [0.25, 0.3) is 0 Å². The van der Waals surface area contributed by atoms with Crippen molar-refractivity contribution in [2.75, 3.05) is 52.4 Å². The minimum Gasteiger partial charge on any atom is -0.314 e. The normalized spacial score (nSPS) is 22.2. The highest BCUT2D eigenvalue weighted by Crippen LogP contribution is 2.29. The van der Waals surface area contributed by atoms with Crippen LogP contribution in [0.4, 0.5) is 0 Å². The van der Waals surface area contributed by atoms with Crippen LogP contribution in [0, 0.1) is 18.3 Å². The van der Waals surface area contributed by atoms with Gasteiger partial charge in [-0.25, -0.2) is 0 Å². The monoisotopic (exact) mass is 221 g/mol. The molecule has 1 aliphatic heterocycles. The Balaban J connectivity index is 1.65. The minimum absolute atomic E-state index is 0.822. The molecule has 2 aliphatic rings. The first-order chi connectivity index (χ1) is 7.88. The average Bonchev–Trinajstić information content (AvgIpc) is 3.12. The third kappa shape index (κ3) is 4.13. The van der Waals surface area contributed by atoms with Crippen molar-refractivity contribution in [1.29, 1.82) is 0 Å². The van der Waals surface area contributed by atoms with E-state index in [4.69, 9.17) is 6.42 Å². The summed E-state index contributed by atoms with van der Waals surface area (Å²) in [4.78, 5) is 4.98. The molecule has 3 heteroatoms. The Morgan fingerprint density at radius 2 is 2.06 bits per heavy atom. The van der Waals surface area contributed by atoms with Crippen LogP contribution in [0.2, 0.25) is 0 Å². The second kappa shape index (κ2) is 6.24. The van der Waals surface area contributed by atoms with Crippen LogP contribution in [0.3, 0.4) is 0 Å². The van der Waals surface area contributed by atoms with Crippen LogP contribution in [0.5, 0.6) is 0 Å². The zero-order valence-electron chi connectivity index (χ0n) is 10.1. The van der Waals surface area contributed by atoms with Gasteiger partial charge in [0, 0.05) is 45.8 Å². The molecule has 3 nitrogen and oxygen atoms in total. The van der Waals surface area contributed by atoms with E-state index < -0.39 is 0 Å². The van der Waals surface area contributed by atoms with Crippen molar-refractivity contribution in [2.45, 2.75) is 12.8 Å². The fraction of sp³-hybridized carbons (Fsp3) is 0.846. The summed E-state index contributed by atoms with van der Waals surface area (Å²) in [7, 11) is 0. The molecule has 0 unspecified atom stereocenters. The summed E-state index contributed by atoms with van der Waals surface area (Å²) in [5, 5.41) is 3.38. The van der Waals surface area contributed by atoms with E-state index in [1.807, 2.05) is 0 Å². The zero-order valence-corrected chi connectivity index (χ0v) is 10.1. The highest BCUT2D eigenvalue weighted by molar-refractivity contribution is 4.90. The van der Waals surface area contributed by atoms with E-state index >= 15 is 0 Å². The van der Waals surface area contributed by atoms with Crippen LogP contribution in [0.1, 0.15) is 12.8 Å². The molecule has 90 valence electrons. The average molecular weight is 221 g/mol. The van der Waals surface area contributed by atoms with E-state index in [1.54, 1.807) is 0 Å². The predicted molar refractivity (Wildman–Crippen MR) is 67.3 cm³/mol. The topological polar surface area (TPSA) is 18.5 Å². The lowest BCUT2D eigenvalue weighted by molar-refractivity contribution is 0.195. The Morgan fingerprint density at radius 3 is 2.69 bits per heavy atom. The maximum Gasteiger partial charge on any atom is 0.0599 e. The van der Waals surface area contributed by atoms with Gasteiger partial charge in [0.15, 0.2) is 0 Å². The Labute approximate surface area is 99.2 Å². The fourth-order valence-electron chi connectivity index (χ4n) is 2.25. The summed E-state index contributed by atoms with van der Waals surface area (Å²) >= 11 is 0. The third-order valence-corrected chi connectivity index (χ3v) is 3.47. The van der Waals surface area contributed by atoms with E-state index in [0.717, 1.165) is 32.1 Å². The van der Waals surface area contributed by atoms with Gasteiger partial charge in [-0.05, 0) is 18.8 Å². The van der Waals surface area contributed by atoms with Crippen molar-refractivity contribution < 1.29 is 0 Å². The van der Waals surface area contributed by atoms with Gasteiger partial charge < -0.3 is 5.32 Å². The molecule has 0 aromatic heterocycles. The number of nitrogens with one attached hydrogen (secondary N) is 1. The summed E-state index contributed by atoms with van der Waals surface area (Å²) in [6.07, 6.45) is 8.24. The second-order valence-electron chi connectivity index (χ2n) is 4.97. The maximum absolute atomic E-state index is 5.42. The van der Waals surface area contributed by atoms with Crippen molar-refractivity contribution in [1.82, 2.24) is 15.1 Å². The molecule has 1 heterocycles. The first kappa shape index (κ1) is 11.9. The van der Waals surface area contributed by atoms with Crippen LogP contribution in [0.25, 0.3) is 0 Å². The third-order valence-electron chi connectivity index (χ3n) is 3.47. The van der Waals surface area contributed by atoms with Crippen molar-refractivity contribution in [3.8, 4) is 12.3 Å². The van der Waals surface area contributed by atoms with Crippen molar-refractivity contribution in [2.24, 2.45) is 5.92 Å². The van der Waals surface area contributed by atoms with Gasteiger partial charge in [0.2, 0.25) is 0 Å². The van der Waals surface area contributed by atoms with E-state index in [2.05, 4.69) is 21.0 Å². The first-order valence-electron chi connectivity index (χ1n) is 6.47. The van der Waals surface area contributed by atoms with E-state index in [9.17, 15) is 0 Å². The molecule has 1 saturated heterocycles. The molecule has 0 amide bonds. The first-order valence-corrected chi connectivity index (χ1v) is 6.47. The smallest absolute Gasteiger partial charge is 0.0599 e. The highest BCUT2D eigenvalue weighted by Gasteiger charge is 2.24. The van der Waals surface area contributed by atoms with Crippen LogP contribution >= 0.6 is 0 Å². The Morgan fingerprint density at radius 1 is 1.31 bits per heavy atom. The number of nitrogens with zero attached hydrogens (tertiary/aromatic N) is 2. The molecule has 1 saturated carbocycles. The Bertz CT molecular complexity index is 236. The molecule has 0 spiro atoms. The van der Waals surface area contributed by atoms with E-state index in [-0.39, 0.29) is 0 Å². The largest absolute Gasteiger partial charge is 0.314 e. The van der Waals surface area contributed by atoms with E-state index in [0.29, 0.717) is 0 Å². The zero-order chi connectivity index (χ0) is 11.2. The lowest BCUT2D eigenvalue weighted by Gasteiger charge is -2.29. The molecule has 2 fully saturated rings. The number of terminal acetylenes is 1. The standard InChI is InChI=1S/C13H23N3/c1-2-7-16(12-13-3-4-13)11-10-15-8-5-14-6-9-15/h1,13-14H,3-12H2. The lowest BCUT2D eigenvalue weighted by atomic mass is 10.3. The van der Waals surface area contributed by atoms with Gasteiger partial charge in [-0.1, -0.05) is 5.92 Å². The van der Waals surface area contributed by atoms with Gasteiger partial charge in [-0.15, -0.1) is 6.42 Å². The second-order valence-corrected chi connectivity index (χ2v) is 4.97. The van der Waals surface area contributed by atoms with E-state index in [1.165, 1.54) is 39.0 Å². The van der Waals surface area contributed by atoms with Crippen molar-refractivity contribution in [3.05, 3.63) is 0 Å². The van der Waals surface area contributed by atoms with Crippen LogP contribution < -0.4 is 5.32 Å². The molecule has 0 bridgehead atoms. The molecule has 1 N–H and O–H groups in total. The van der Waals surface area contributed by atoms with Crippen LogP contribution in [0.15, 0.2) is 0 Å². The molecular weight excluding hydrogens is 198 g/mol. The summed E-state index contributed by atoms with van der Waals surface area (Å²) in [5.74, 6) is 3.72. The highest BCUT2D eigenvalue weighted by atomic mass is 15.2. The molecule has 0 atom stereocenters. The van der Waals surface area contributed by atoms with Gasteiger partial charge in [0.1, 0.15) is 0 Å². The fourth-order valence-corrected chi connectivity index (χ4v) is 2.25. The molecular formula is C13H23N3. The van der Waals surface area contributed by atoms with Gasteiger partial charge >= 0.3 is 0 Å². The van der Waals surface area contributed by atoms with Crippen LogP contribution in [-0.2, 0) is 0 Å². The Kier molecular flexibility index (Phi) is 4.65. The SMILES string of the molecule is C#CCN(CCN1CCNCC1)CC1CC1. The minimum atomic E-state index is 0.822. The summed E-state index contributed by atoms with van der Waals surface area (Å²) in [6, 6.07) is 0. The predicted octanol–water partition coefficient (Wildman–Crippen LogP) is 0.237. The molecule has 0 radical (unpaired) electrons. The van der Waals surface area contributed by atoms with Crippen LogP contribution in [-0.4, -0.2) is 62.2 Å². The van der Waals surface area contributed by atoms with Gasteiger partial charge in [0.05, 0.1) is 6.54 Å². The number of hydrogen-bond donors (Lipinski definition) is 1. The molecule has 0 aromatic rings. The molecule has 1 aliphatic carbocycles. The number of piperazine rings is 1. The number of rotatable bonds is 6. The summed E-state index contributed by atoms with van der Waals surface area (Å²) in [5.41, 5.74) is 0. The molecule has 2 rings (SSSR count). The van der Waals surface area contributed by atoms with Crippen molar-refractivity contribution >= 4 is 0 Å². The quantitative estimate of drug-likeness (QED) is 0.648. The number of hydrogen-bond acceptors (Lipinski definition) is 3. The van der Waals surface area contributed by atoms with Gasteiger partial charge in [-0.3, -0.25) is 9.80 Å². The maximum atomic E-state index is 5.42. The molecule has 0 aromatic carbocycles. The summed E-state index contributed by atoms with van der Waals surface area (Å²) < 4.78 is 0. The summed E-state index contributed by atoms with van der Waals surface area (Å²) in [6.45, 7) is 9.01. The lowest BCUT2D eigenvalue weighted by Crippen LogP contribution is -2.46. The Hall–Kier alpha value is -0.560. The van der Waals surface area contributed by atoms with Gasteiger partial charge in [-0.2, -0.15) is 0 Å². The molecule has 16 heavy (non-hydrogen) atoms.